The first-order valence-corrected chi connectivity index (χ1v) is 9.31. The van der Waals surface area contributed by atoms with Crippen molar-refractivity contribution in [1.29, 1.82) is 0 Å². The highest BCUT2D eigenvalue weighted by atomic mass is 16.5. The van der Waals surface area contributed by atoms with Gasteiger partial charge in [-0.15, -0.1) is 0 Å². The summed E-state index contributed by atoms with van der Waals surface area (Å²) in [6.45, 7) is 6.27. The van der Waals surface area contributed by atoms with Gasteiger partial charge in [0.15, 0.2) is 0 Å². The van der Waals surface area contributed by atoms with Gasteiger partial charge in [0.1, 0.15) is 18.1 Å². The predicted molar refractivity (Wildman–Crippen MR) is 110 cm³/mol. The zero-order chi connectivity index (χ0) is 20.5. The van der Waals surface area contributed by atoms with Gasteiger partial charge in [-0.1, -0.05) is 26.0 Å². The molecule has 0 spiro atoms. The number of nitrogens with zero attached hydrogens (tertiary/aromatic N) is 1. The Bertz CT molecular complexity index is 770. The van der Waals surface area contributed by atoms with Crippen molar-refractivity contribution in [1.82, 2.24) is 4.90 Å². The maximum atomic E-state index is 12.3. The smallest absolute Gasteiger partial charge is 0.243 e. The summed E-state index contributed by atoms with van der Waals surface area (Å²) in [5.74, 6) is 1.44. The second-order valence-electron chi connectivity index (χ2n) is 6.79. The highest BCUT2D eigenvalue weighted by Crippen LogP contribution is 2.18. The summed E-state index contributed by atoms with van der Waals surface area (Å²) in [6.07, 6.45) is 0. The second-order valence-corrected chi connectivity index (χ2v) is 6.79. The molecule has 150 valence electrons. The number of amides is 2. The van der Waals surface area contributed by atoms with Gasteiger partial charge in [-0.25, -0.2) is 0 Å². The number of nitrogens with one attached hydrogen (secondary N) is 1. The van der Waals surface area contributed by atoms with Gasteiger partial charge in [0, 0.05) is 12.6 Å². The normalized spacial score (nSPS) is 10.5. The fourth-order valence-electron chi connectivity index (χ4n) is 2.62. The van der Waals surface area contributed by atoms with E-state index < -0.39 is 0 Å². The number of benzene rings is 2. The molecular formula is C22H28N2O4. The van der Waals surface area contributed by atoms with Gasteiger partial charge in [-0.2, -0.15) is 0 Å². The third kappa shape index (κ3) is 6.61. The lowest BCUT2D eigenvalue weighted by atomic mass is 10.0. The average molecular weight is 384 g/mol. The summed E-state index contributed by atoms with van der Waals surface area (Å²) in [6, 6.07) is 14.9. The second kappa shape index (κ2) is 10.3. The monoisotopic (exact) mass is 384 g/mol. The number of hydrogen-bond acceptors (Lipinski definition) is 4. The Balaban J connectivity index is 1.83. The van der Waals surface area contributed by atoms with Crippen molar-refractivity contribution in [2.45, 2.75) is 26.7 Å². The highest BCUT2D eigenvalue weighted by Gasteiger charge is 2.14. The van der Waals surface area contributed by atoms with Crippen LogP contribution in [0.25, 0.3) is 0 Å². The van der Waals surface area contributed by atoms with E-state index in [0.717, 1.165) is 5.75 Å². The van der Waals surface area contributed by atoms with Crippen LogP contribution in [0.3, 0.4) is 0 Å². The van der Waals surface area contributed by atoms with Gasteiger partial charge in [-0.3, -0.25) is 9.59 Å². The molecule has 2 aromatic carbocycles. The molecule has 0 aliphatic heterocycles. The quantitative estimate of drug-likeness (QED) is 0.716. The molecule has 2 amide bonds. The van der Waals surface area contributed by atoms with E-state index in [1.807, 2.05) is 24.3 Å². The number of rotatable bonds is 9. The standard InChI is InChI=1S/C22H28N2O4/c1-16(2)18-5-7-19(8-6-18)23-22(26)15-24(17(3)25)13-14-28-21-11-9-20(27-4)10-12-21/h5-12,16H,13-15H2,1-4H3,(H,23,26). The summed E-state index contributed by atoms with van der Waals surface area (Å²) in [4.78, 5) is 25.6. The van der Waals surface area contributed by atoms with Crippen LogP contribution in [0, 0.1) is 0 Å². The van der Waals surface area contributed by atoms with Crippen molar-refractivity contribution in [3.63, 3.8) is 0 Å². The third-order valence-corrected chi connectivity index (χ3v) is 4.33. The van der Waals surface area contributed by atoms with E-state index in [0.29, 0.717) is 30.5 Å². The molecule has 0 saturated heterocycles. The van der Waals surface area contributed by atoms with Crippen LogP contribution in [0.1, 0.15) is 32.3 Å². The molecule has 6 heteroatoms. The van der Waals surface area contributed by atoms with Crippen molar-refractivity contribution in [2.75, 3.05) is 32.1 Å². The summed E-state index contributed by atoms with van der Waals surface area (Å²) in [5, 5.41) is 2.83. The molecular weight excluding hydrogens is 356 g/mol. The van der Waals surface area contributed by atoms with Crippen LogP contribution in [0.5, 0.6) is 11.5 Å². The number of carbonyl (C=O) groups is 2. The van der Waals surface area contributed by atoms with Crippen molar-refractivity contribution in [2.24, 2.45) is 0 Å². The van der Waals surface area contributed by atoms with Crippen LogP contribution in [-0.4, -0.2) is 43.5 Å². The molecule has 0 aliphatic carbocycles. The first-order chi connectivity index (χ1) is 13.4. The number of methoxy groups -OCH3 is 1. The van der Waals surface area contributed by atoms with E-state index in [1.165, 1.54) is 17.4 Å². The van der Waals surface area contributed by atoms with Gasteiger partial charge in [-0.05, 0) is 47.9 Å². The minimum absolute atomic E-state index is 0.0206. The van der Waals surface area contributed by atoms with E-state index >= 15 is 0 Å². The first kappa shape index (κ1) is 21.3. The molecule has 2 rings (SSSR count). The Morgan fingerprint density at radius 3 is 2.14 bits per heavy atom. The topological polar surface area (TPSA) is 67.9 Å². The lowest BCUT2D eigenvalue weighted by molar-refractivity contribution is -0.133. The Morgan fingerprint density at radius 1 is 1.00 bits per heavy atom. The summed E-state index contributed by atoms with van der Waals surface area (Å²) in [5.41, 5.74) is 1.92. The molecule has 0 aliphatic rings. The lowest BCUT2D eigenvalue weighted by Crippen LogP contribution is -2.39. The van der Waals surface area contributed by atoms with Crippen molar-refractivity contribution < 1.29 is 19.1 Å². The molecule has 0 aromatic heterocycles. The average Bonchev–Trinajstić information content (AvgIpc) is 2.68. The maximum Gasteiger partial charge on any atom is 0.243 e. The van der Waals surface area contributed by atoms with Crippen molar-refractivity contribution >= 4 is 17.5 Å². The minimum atomic E-state index is -0.239. The molecule has 0 bridgehead atoms. The molecule has 0 atom stereocenters. The fraction of sp³-hybridized carbons (Fsp3) is 0.364. The van der Waals surface area contributed by atoms with Gasteiger partial charge in [0.05, 0.1) is 20.2 Å². The molecule has 0 heterocycles. The Kier molecular flexibility index (Phi) is 7.87. The van der Waals surface area contributed by atoms with E-state index in [1.54, 1.807) is 31.4 Å². The van der Waals surface area contributed by atoms with E-state index in [9.17, 15) is 9.59 Å². The zero-order valence-corrected chi connectivity index (χ0v) is 16.9. The lowest BCUT2D eigenvalue weighted by Gasteiger charge is -2.21. The number of anilines is 1. The molecule has 0 saturated carbocycles. The molecule has 0 fully saturated rings. The Morgan fingerprint density at radius 2 is 1.61 bits per heavy atom. The predicted octanol–water partition coefficient (Wildman–Crippen LogP) is 3.68. The molecule has 2 aromatic rings. The summed E-state index contributed by atoms with van der Waals surface area (Å²) >= 11 is 0. The molecule has 1 N–H and O–H groups in total. The van der Waals surface area contributed by atoms with Crippen LogP contribution in [-0.2, 0) is 9.59 Å². The van der Waals surface area contributed by atoms with E-state index in [-0.39, 0.29) is 18.4 Å². The third-order valence-electron chi connectivity index (χ3n) is 4.33. The van der Waals surface area contributed by atoms with Crippen LogP contribution >= 0.6 is 0 Å². The molecule has 28 heavy (non-hydrogen) atoms. The maximum absolute atomic E-state index is 12.3. The van der Waals surface area contributed by atoms with Gasteiger partial charge >= 0.3 is 0 Å². The van der Waals surface area contributed by atoms with Gasteiger partial charge < -0.3 is 19.7 Å². The summed E-state index contributed by atoms with van der Waals surface area (Å²) in [7, 11) is 1.60. The van der Waals surface area contributed by atoms with E-state index in [2.05, 4.69) is 19.2 Å². The Labute approximate surface area is 166 Å². The van der Waals surface area contributed by atoms with Crippen LogP contribution in [0.15, 0.2) is 48.5 Å². The van der Waals surface area contributed by atoms with Gasteiger partial charge in [0.2, 0.25) is 11.8 Å². The molecule has 6 nitrogen and oxygen atoms in total. The SMILES string of the molecule is COc1ccc(OCCN(CC(=O)Nc2ccc(C(C)C)cc2)C(C)=O)cc1. The molecule has 0 radical (unpaired) electrons. The minimum Gasteiger partial charge on any atom is -0.497 e. The van der Waals surface area contributed by atoms with Crippen LogP contribution < -0.4 is 14.8 Å². The Hall–Kier alpha value is -3.02. The number of carbonyl (C=O) groups excluding carboxylic acids is 2. The largest absolute Gasteiger partial charge is 0.497 e. The fourth-order valence-corrected chi connectivity index (χ4v) is 2.62. The first-order valence-electron chi connectivity index (χ1n) is 9.31. The highest BCUT2D eigenvalue weighted by molar-refractivity contribution is 5.94. The van der Waals surface area contributed by atoms with Crippen molar-refractivity contribution in [3.05, 3.63) is 54.1 Å². The number of ether oxygens (including phenoxy) is 2. The van der Waals surface area contributed by atoms with E-state index in [4.69, 9.17) is 9.47 Å². The summed E-state index contributed by atoms with van der Waals surface area (Å²) < 4.78 is 10.7. The molecule has 0 unspecified atom stereocenters. The number of hydrogen-bond donors (Lipinski definition) is 1. The van der Waals surface area contributed by atoms with Crippen LogP contribution in [0.2, 0.25) is 0 Å². The zero-order valence-electron chi connectivity index (χ0n) is 16.9. The van der Waals surface area contributed by atoms with Crippen molar-refractivity contribution in [3.8, 4) is 11.5 Å². The van der Waals surface area contributed by atoms with Crippen LogP contribution in [0.4, 0.5) is 5.69 Å². The van der Waals surface area contributed by atoms with Gasteiger partial charge in [0.25, 0.3) is 0 Å².